The standard InChI is InChI=1S/C26H21Cl2N3O6S/c1-3-37-21-13-16(27)8-9-19(21)29-26(33)18-12-15-6-4-5-7-17(15)24(25(18)32)31-30-20-10-11-22(38(34,35)36)14(2)23(20)28/h4-13,32H,3H2,1-2H3,(H,29,33)(H,34,35,36). The second-order valence-electron chi connectivity index (χ2n) is 8.07. The fourth-order valence-corrected chi connectivity index (χ4v) is 4.92. The average molecular weight is 574 g/mol. The SMILES string of the molecule is CCOc1cc(Cl)ccc1NC(=O)c1cc2ccccc2c(N=Nc2ccc(S(=O)(=O)O)c(C)c2Cl)c1O. The van der Waals surface area contributed by atoms with Gasteiger partial charge in [0, 0.05) is 16.5 Å². The van der Waals surface area contributed by atoms with Crippen LogP contribution in [0.25, 0.3) is 10.8 Å². The van der Waals surface area contributed by atoms with Gasteiger partial charge >= 0.3 is 0 Å². The van der Waals surface area contributed by atoms with E-state index in [2.05, 4.69) is 15.5 Å². The largest absolute Gasteiger partial charge is 0.505 e. The topological polar surface area (TPSA) is 138 Å². The highest BCUT2D eigenvalue weighted by Gasteiger charge is 2.21. The fraction of sp³-hybridized carbons (Fsp3) is 0.115. The Morgan fingerprint density at radius 1 is 1.05 bits per heavy atom. The van der Waals surface area contributed by atoms with Gasteiger partial charge in [-0.3, -0.25) is 9.35 Å². The summed E-state index contributed by atoms with van der Waals surface area (Å²) in [7, 11) is -4.48. The number of rotatable bonds is 7. The van der Waals surface area contributed by atoms with Crippen LogP contribution in [0.2, 0.25) is 10.0 Å². The van der Waals surface area contributed by atoms with Crippen molar-refractivity contribution < 1.29 is 27.6 Å². The van der Waals surface area contributed by atoms with Gasteiger partial charge in [-0.15, -0.1) is 10.2 Å². The minimum Gasteiger partial charge on any atom is -0.505 e. The van der Waals surface area contributed by atoms with Gasteiger partial charge in [0.15, 0.2) is 5.75 Å². The van der Waals surface area contributed by atoms with Crippen molar-refractivity contribution in [2.45, 2.75) is 18.7 Å². The van der Waals surface area contributed by atoms with Crippen molar-refractivity contribution >= 4 is 67.1 Å². The van der Waals surface area contributed by atoms with E-state index in [1.54, 1.807) is 49.4 Å². The maximum atomic E-state index is 13.2. The first-order valence-electron chi connectivity index (χ1n) is 11.2. The molecule has 9 nitrogen and oxygen atoms in total. The maximum absolute atomic E-state index is 13.2. The summed E-state index contributed by atoms with van der Waals surface area (Å²) in [6, 6.07) is 15.6. The van der Waals surface area contributed by atoms with Crippen LogP contribution in [0.4, 0.5) is 17.1 Å². The van der Waals surface area contributed by atoms with E-state index >= 15 is 0 Å². The molecule has 4 aromatic carbocycles. The summed E-state index contributed by atoms with van der Waals surface area (Å²) < 4.78 is 38.0. The minimum absolute atomic E-state index is 0.00182. The molecule has 1 amide bonds. The highest BCUT2D eigenvalue weighted by molar-refractivity contribution is 7.85. The number of hydrogen-bond acceptors (Lipinski definition) is 7. The van der Waals surface area contributed by atoms with Crippen molar-refractivity contribution in [1.82, 2.24) is 0 Å². The van der Waals surface area contributed by atoms with Crippen LogP contribution in [0.1, 0.15) is 22.8 Å². The van der Waals surface area contributed by atoms with Crippen molar-refractivity contribution in [3.8, 4) is 11.5 Å². The predicted octanol–water partition coefficient (Wildman–Crippen LogP) is 7.47. The Morgan fingerprint density at radius 3 is 2.50 bits per heavy atom. The Bertz CT molecular complexity index is 1710. The number of anilines is 1. The van der Waals surface area contributed by atoms with E-state index in [0.29, 0.717) is 33.8 Å². The third kappa shape index (κ3) is 5.58. The first kappa shape index (κ1) is 27.3. The van der Waals surface area contributed by atoms with E-state index in [-0.39, 0.29) is 32.4 Å². The zero-order valence-electron chi connectivity index (χ0n) is 20.1. The number of nitrogens with one attached hydrogen (secondary N) is 1. The van der Waals surface area contributed by atoms with Crippen molar-refractivity contribution in [2.75, 3.05) is 11.9 Å². The fourth-order valence-electron chi connectivity index (χ4n) is 3.77. The summed E-state index contributed by atoms with van der Waals surface area (Å²) in [4.78, 5) is 12.9. The Labute approximate surface area is 228 Å². The quantitative estimate of drug-likeness (QED) is 0.155. The number of benzene rings is 4. The van der Waals surface area contributed by atoms with Crippen LogP contribution < -0.4 is 10.1 Å². The third-order valence-corrected chi connectivity index (χ3v) is 7.29. The van der Waals surface area contributed by atoms with E-state index < -0.39 is 21.8 Å². The van der Waals surface area contributed by atoms with Gasteiger partial charge in [0.2, 0.25) is 0 Å². The molecule has 38 heavy (non-hydrogen) atoms. The molecule has 0 saturated carbocycles. The molecule has 0 fully saturated rings. The smallest absolute Gasteiger partial charge is 0.294 e. The number of phenolic OH excluding ortho intramolecular Hbond substituents is 1. The lowest BCUT2D eigenvalue weighted by Gasteiger charge is -2.14. The van der Waals surface area contributed by atoms with Crippen molar-refractivity contribution in [3.05, 3.63) is 81.8 Å². The number of halogens is 2. The number of hydrogen-bond donors (Lipinski definition) is 3. The lowest BCUT2D eigenvalue weighted by molar-refractivity contribution is 0.102. The van der Waals surface area contributed by atoms with Gasteiger partial charge < -0.3 is 15.2 Å². The molecule has 12 heteroatoms. The predicted molar refractivity (Wildman–Crippen MR) is 146 cm³/mol. The van der Waals surface area contributed by atoms with Crippen molar-refractivity contribution in [3.63, 3.8) is 0 Å². The van der Waals surface area contributed by atoms with E-state index in [1.165, 1.54) is 19.1 Å². The second kappa shape index (κ2) is 11.0. The highest BCUT2D eigenvalue weighted by atomic mass is 35.5. The van der Waals surface area contributed by atoms with Gasteiger partial charge in [-0.1, -0.05) is 47.5 Å². The van der Waals surface area contributed by atoms with Crippen molar-refractivity contribution in [1.29, 1.82) is 0 Å². The van der Waals surface area contributed by atoms with Gasteiger partial charge in [-0.05, 0) is 55.1 Å². The van der Waals surface area contributed by atoms with Crippen LogP contribution in [0, 0.1) is 6.92 Å². The number of carbonyl (C=O) groups is 1. The molecule has 0 heterocycles. The van der Waals surface area contributed by atoms with Gasteiger partial charge in [-0.2, -0.15) is 8.42 Å². The molecule has 0 aliphatic heterocycles. The van der Waals surface area contributed by atoms with Crippen LogP contribution in [0.3, 0.4) is 0 Å². The summed E-state index contributed by atoms with van der Waals surface area (Å²) in [6.07, 6.45) is 0. The molecule has 0 unspecified atom stereocenters. The number of phenols is 1. The second-order valence-corrected chi connectivity index (χ2v) is 10.3. The minimum atomic E-state index is -4.48. The Kier molecular flexibility index (Phi) is 7.89. The Morgan fingerprint density at radius 2 is 1.79 bits per heavy atom. The van der Waals surface area contributed by atoms with Crippen LogP contribution in [-0.2, 0) is 10.1 Å². The molecule has 0 aliphatic rings. The number of carbonyl (C=O) groups excluding carboxylic acids is 1. The van der Waals surface area contributed by atoms with Gasteiger partial charge in [0.1, 0.15) is 17.1 Å². The Balaban J connectivity index is 1.78. The molecule has 4 rings (SSSR count). The van der Waals surface area contributed by atoms with Crippen LogP contribution in [0.5, 0.6) is 11.5 Å². The van der Waals surface area contributed by atoms with Crippen LogP contribution >= 0.6 is 23.2 Å². The average Bonchev–Trinajstić information content (AvgIpc) is 2.86. The molecule has 0 atom stereocenters. The monoisotopic (exact) mass is 573 g/mol. The summed E-state index contributed by atoms with van der Waals surface area (Å²) in [5.74, 6) is -0.689. The first-order valence-corrected chi connectivity index (χ1v) is 13.4. The molecular weight excluding hydrogens is 553 g/mol. The molecule has 0 radical (unpaired) electrons. The molecule has 3 N–H and O–H groups in total. The van der Waals surface area contributed by atoms with Crippen LogP contribution in [0.15, 0.2) is 75.8 Å². The normalized spacial score (nSPS) is 11.7. The van der Waals surface area contributed by atoms with Gasteiger partial charge in [0.05, 0.1) is 27.8 Å². The molecule has 196 valence electrons. The summed E-state index contributed by atoms with van der Waals surface area (Å²) >= 11 is 12.3. The zero-order valence-corrected chi connectivity index (χ0v) is 22.4. The molecule has 0 aromatic heterocycles. The van der Waals surface area contributed by atoms with E-state index in [0.717, 1.165) is 6.07 Å². The maximum Gasteiger partial charge on any atom is 0.294 e. The number of azo groups is 1. The number of aromatic hydroxyl groups is 1. The van der Waals surface area contributed by atoms with Gasteiger partial charge in [-0.25, -0.2) is 0 Å². The molecule has 0 aliphatic carbocycles. The molecule has 0 spiro atoms. The van der Waals surface area contributed by atoms with E-state index in [1.807, 2.05) is 0 Å². The third-order valence-electron chi connectivity index (χ3n) is 5.58. The molecule has 0 bridgehead atoms. The number of nitrogens with zero attached hydrogens (tertiary/aromatic N) is 2. The summed E-state index contributed by atoms with van der Waals surface area (Å²) in [5, 5.41) is 23.6. The van der Waals surface area contributed by atoms with E-state index in [9.17, 15) is 22.9 Å². The lowest BCUT2D eigenvalue weighted by Crippen LogP contribution is -2.13. The summed E-state index contributed by atoms with van der Waals surface area (Å²) in [5.41, 5.74) is 0.470. The number of fused-ring (bicyclic) bond motifs is 1. The van der Waals surface area contributed by atoms with Crippen molar-refractivity contribution in [2.24, 2.45) is 10.2 Å². The molecular formula is C26H21Cl2N3O6S. The van der Waals surface area contributed by atoms with Gasteiger partial charge in [0.25, 0.3) is 16.0 Å². The molecule has 4 aromatic rings. The number of ether oxygens (including phenoxy) is 1. The zero-order chi connectivity index (χ0) is 27.6. The Hall–Kier alpha value is -3.70. The molecule has 0 saturated heterocycles. The highest BCUT2D eigenvalue weighted by Crippen LogP contribution is 2.41. The summed E-state index contributed by atoms with van der Waals surface area (Å²) in [6.45, 7) is 3.56. The van der Waals surface area contributed by atoms with E-state index in [4.69, 9.17) is 27.9 Å². The lowest BCUT2D eigenvalue weighted by atomic mass is 10.0. The first-order chi connectivity index (χ1) is 18.0. The number of amides is 1. The van der Waals surface area contributed by atoms with Crippen LogP contribution in [-0.4, -0.2) is 30.6 Å².